The number of rotatable bonds is 5. The highest BCUT2D eigenvalue weighted by Gasteiger charge is 2.13. The number of nitrogens with zero attached hydrogens (tertiary/aromatic N) is 1. The Morgan fingerprint density at radius 3 is 2.87 bits per heavy atom. The van der Waals surface area contributed by atoms with Gasteiger partial charge in [0, 0.05) is 25.0 Å². The molecule has 5 nitrogen and oxygen atoms in total. The minimum absolute atomic E-state index is 0.300. The molecule has 0 atom stereocenters. The Labute approximate surface area is 147 Å². The van der Waals surface area contributed by atoms with Crippen LogP contribution >= 0.6 is 27.3 Å². The van der Waals surface area contributed by atoms with Crippen LogP contribution in [-0.2, 0) is 13.0 Å². The highest BCUT2D eigenvalue weighted by atomic mass is 79.9. The van der Waals surface area contributed by atoms with Crippen LogP contribution in [0.3, 0.4) is 0 Å². The Bertz CT molecular complexity index is 702. The van der Waals surface area contributed by atoms with Crippen LogP contribution in [0.25, 0.3) is 0 Å². The predicted octanol–water partition coefficient (Wildman–Crippen LogP) is 3.15. The maximum absolute atomic E-state index is 5.39. The summed E-state index contributed by atoms with van der Waals surface area (Å²) in [6.45, 7) is 1.82. The molecule has 0 spiro atoms. The molecule has 0 amide bonds. The van der Waals surface area contributed by atoms with Crippen LogP contribution in [0.1, 0.15) is 10.4 Å². The number of ether oxygens (including phenoxy) is 2. The first kappa shape index (κ1) is 16.1. The van der Waals surface area contributed by atoms with Gasteiger partial charge < -0.3 is 20.1 Å². The first-order valence-corrected chi connectivity index (χ1v) is 8.93. The summed E-state index contributed by atoms with van der Waals surface area (Å²) in [7, 11) is 1.77. The number of nitrogens with one attached hydrogen (secondary N) is 2. The van der Waals surface area contributed by atoms with Gasteiger partial charge in [-0.3, -0.25) is 4.99 Å². The van der Waals surface area contributed by atoms with E-state index in [9.17, 15) is 0 Å². The number of aliphatic imine (C=N–C) groups is 1. The standard InChI is InChI=1S/C16H18BrN3O2S/c1-18-16(19-7-6-12-3-5-15(17)23-12)20-9-11-2-4-13-14(8-11)22-10-21-13/h2-5,8H,6-7,9-10H2,1H3,(H2,18,19,20). The molecule has 0 fully saturated rings. The smallest absolute Gasteiger partial charge is 0.231 e. The zero-order chi connectivity index (χ0) is 16.1. The van der Waals surface area contributed by atoms with Gasteiger partial charge in [-0.05, 0) is 52.2 Å². The number of thiophene rings is 1. The summed E-state index contributed by atoms with van der Waals surface area (Å²) in [6, 6.07) is 10.2. The third-order valence-corrected chi connectivity index (χ3v) is 5.10. The molecular formula is C16H18BrN3O2S. The lowest BCUT2D eigenvalue weighted by molar-refractivity contribution is 0.174. The van der Waals surface area contributed by atoms with Crippen LogP contribution in [0, 0.1) is 0 Å². The summed E-state index contributed by atoms with van der Waals surface area (Å²) < 4.78 is 11.9. The lowest BCUT2D eigenvalue weighted by Crippen LogP contribution is -2.37. The van der Waals surface area contributed by atoms with Crippen molar-refractivity contribution < 1.29 is 9.47 Å². The molecule has 0 saturated heterocycles. The molecule has 3 rings (SSSR count). The highest BCUT2D eigenvalue weighted by molar-refractivity contribution is 9.11. The van der Waals surface area contributed by atoms with E-state index in [4.69, 9.17) is 9.47 Å². The molecule has 122 valence electrons. The van der Waals surface area contributed by atoms with Crippen LogP contribution in [0.2, 0.25) is 0 Å². The van der Waals surface area contributed by atoms with Gasteiger partial charge in [0.05, 0.1) is 3.79 Å². The van der Waals surface area contributed by atoms with Crippen molar-refractivity contribution >= 4 is 33.2 Å². The van der Waals surface area contributed by atoms with Gasteiger partial charge >= 0.3 is 0 Å². The molecule has 2 aromatic rings. The molecule has 0 unspecified atom stereocenters. The summed E-state index contributed by atoms with van der Waals surface area (Å²) in [5, 5.41) is 6.63. The van der Waals surface area contributed by atoms with E-state index >= 15 is 0 Å². The van der Waals surface area contributed by atoms with Crippen LogP contribution in [-0.4, -0.2) is 26.3 Å². The van der Waals surface area contributed by atoms with Crippen molar-refractivity contribution in [3.63, 3.8) is 0 Å². The second kappa shape index (κ2) is 7.70. The fourth-order valence-electron chi connectivity index (χ4n) is 2.25. The number of benzene rings is 1. The van der Waals surface area contributed by atoms with Gasteiger partial charge in [-0.1, -0.05) is 6.07 Å². The molecule has 2 N–H and O–H groups in total. The largest absolute Gasteiger partial charge is 0.454 e. The van der Waals surface area contributed by atoms with E-state index in [0.29, 0.717) is 13.3 Å². The van der Waals surface area contributed by atoms with Crippen LogP contribution in [0.4, 0.5) is 0 Å². The molecule has 1 aliphatic rings. The average molecular weight is 396 g/mol. The fourth-order valence-corrected chi connectivity index (χ4v) is 3.73. The van der Waals surface area contributed by atoms with Crippen molar-refractivity contribution in [3.05, 3.63) is 44.6 Å². The molecule has 0 radical (unpaired) electrons. The number of guanidine groups is 1. The van der Waals surface area contributed by atoms with Gasteiger partial charge in [-0.25, -0.2) is 0 Å². The van der Waals surface area contributed by atoms with E-state index in [1.165, 1.54) is 4.88 Å². The summed E-state index contributed by atoms with van der Waals surface area (Å²) in [4.78, 5) is 5.59. The van der Waals surface area contributed by atoms with E-state index in [0.717, 1.165) is 39.8 Å². The lowest BCUT2D eigenvalue weighted by Gasteiger charge is -2.11. The maximum Gasteiger partial charge on any atom is 0.231 e. The summed E-state index contributed by atoms with van der Waals surface area (Å²) in [5.41, 5.74) is 1.12. The SMILES string of the molecule is CN=C(NCCc1ccc(Br)s1)NCc1ccc2c(c1)OCO2. The molecular weight excluding hydrogens is 378 g/mol. The second-order valence-electron chi connectivity index (χ2n) is 5.00. The lowest BCUT2D eigenvalue weighted by atomic mass is 10.2. The first-order chi connectivity index (χ1) is 11.2. The number of fused-ring (bicyclic) bond motifs is 1. The third-order valence-electron chi connectivity index (χ3n) is 3.41. The third kappa shape index (κ3) is 4.39. The maximum atomic E-state index is 5.39. The molecule has 1 aliphatic heterocycles. The van der Waals surface area contributed by atoms with Gasteiger partial charge in [0.25, 0.3) is 0 Å². The zero-order valence-corrected chi connectivity index (χ0v) is 15.2. The monoisotopic (exact) mass is 395 g/mol. The van der Waals surface area contributed by atoms with Gasteiger partial charge in [0.15, 0.2) is 17.5 Å². The molecule has 0 bridgehead atoms. The fraction of sp³-hybridized carbons (Fsp3) is 0.312. The van der Waals surface area contributed by atoms with E-state index in [1.807, 2.05) is 18.2 Å². The molecule has 2 heterocycles. The predicted molar refractivity (Wildman–Crippen MR) is 96.5 cm³/mol. The van der Waals surface area contributed by atoms with Gasteiger partial charge in [-0.2, -0.15) is 0 Å². The van der Waals surface area contributed by atoms with E-state index in [-0.39, 0.29) is 0 Å². The van der Waals surface area contributed by atoms with E-state index < -0.39 is 0 Å². The van der Waals surface area contributed by atoms with Gasteiger partial charge in [0.1, 0.15) is 0 Å². The van der Waals surface area contributed by atoms with Crippen molar-refractivity contribution in [2.24, 2.45) is 4.99 Å². The van der Waals surface area contributed by atoms with Crippen LogP contribution in [0.5, 0.6) is 11.5 Å². The Balaban J connectivity index is 1.46. The first-order valence-electron chi connectivity index (χ1n) is 7.32. The molecule has 0 aliphatic carbocycles. The second-order valence-corrected chi connectivity index (χ2v) is 7.54. The van der Waals surface area contributed by atoms with Crippen molar-refractivity contribution in [1.29, 1.82) is 0 Å². The number of halogens is 1. The summed E-state index contributed by atoms with van der Waals surface area (Å²) in [5.74, 6) is 2.40. The molecule has 1 aromatic heterocycles. The molecule has 7 heteroatoms. The Morgan fingerprint density at radius 1 is 1.22 bits per heavy atom. The van der Waals surface area contributed by atoms with Crippen LogP contribution < -0.4 is 20.1 Å². The van der Waals surface area contributed by atoms with Gasteiger partial charge in [-0.15, -0.1) is 11.3 Å². The Kier molecular flexibility index (Phi) is 5.40. The Morgan fingerprint density at radius 2 is 2.09 bits per heavy atom. The van der Waals surface area contributed by atoms with Gasteiger partial charge in [0.2, 0.25) is 6.79 Å². The van der Waals surface area contributed by atoms with Crippen molar-refractivity contribution in [1.82, 2.24) is 10.6 Å². The zero-order valence-electron chi connectivity index (χ0n) is 12.8. The molecule has 0 saturated carbocycles. The quantitative estimate of drug-likeness (QED) is 0.602. The Hall–Kier alpha value is -1.73. The van der Waals surface area contributed by atoms with Crippen molar-refractivity contribution in [2.45, 2.75) is 13.0 Å². The highest BCUT2D eigenvalue weighted by Crippen LogP contribution is 2.32. The number of hydrogen-bond acceptors (Lipinski definition) is 4. The average Bonchev–Trinajstić information content (AvgIpc) is 3.18. The minimum atomic E-state index is 0.300. The molecule has 23 heavy (non-hydrogen) atoms. The van der Waals surface area contributed by atoms with Crippen molar-refractivity contribution in [3.8, 4) is 11.5 Å². The van der Waals surface area contributed by atoms with E-state index in [2.05, 4.69) is 43.7 Å². The summed E-state index contributed by atoms with van der Waals surface area (Å²) in [6.07, 6.45) is 0.973. The van der Waals surface area contributed by atoms with Crippen LogP contribution in [0.15, 0.2) is 39.1 Å². The number of hydrogen-bond donors (Lipinski definition) is 2. The van der Waals surface area contributed by atoms with Crippen molar-refractivity contribution in [2.75, 3.05) is 20.4 Å². The normalized spacial score (nSPS) is 13.2. The summed E-state index contributed by atoms with van der Waals surface area (Å²) >= 11 is 5.24. The van der Waals surface area contributed by atoms with E-state index in [1.54, 1.807) is 18.4 Å². The minimum Gasteiger partial charge on any atom is -0.454 e. The molecule has 1 aromatic carbocycles. The topological polar surface area (TPSA) is 54.9 Å².